The summed E-state index contributed by atoms with van der Waals surface area (Å²) in [5, 5.41) is 9.54. The average molecular weight is 188 g/mol. The molecule has 1 fully saturated rings. The van der Waals surface area contributed by atoms with E-state index in [2.05, 4.69) is 6.92 Å². The molecule has 1 rings (SSSR count). The molecule has 0 heterocycles. The zero-order chi connectivity index (χ0) is 9.52. The van der Waals surface area contributed by atoms with E-state index < -0.39 is 0 Å². The third kappa shape index (κ3) is 4.07. The molecular formula is C10H20O3. The predicted molar refractivity (Wildman–Crippen MR) is 50.5 cm³/mol. The van der Waals surface area contributed by atoms with Crippen LogP contribution in [-0.2, 0) is 9.47 Å². The molecule has 0 spiro atoms. The minimum absolute atomic E-state index is 0.00519. The van der Waals surface area contributed by atoms with Gasteiger partial charge in [-0.25, -0.2) is 0 Å². The first-order valence-electron chi connectivity index (χ1n) is 5.22. The van der Waals surface area contributed by atoms with E-state index >= 15 is 0 Å². The minimum atomic E-state index is -0.279. The predicted octanol–water partition coefficient (Wildman–Crippen LogP) is 1.69. The highest BCUT2D eigenvalue weighted by Crippen LogP contribution is 2.20. The number of aliphatic hydroxyl groups is 1. The Kier molecular flexibility index (Phi) is 5.35. The van der Waals surface area contributed by atoms with Crippen molar-refractivity contribution in [2.45, 2.75) is 51.2 Å². The van der Waals surface area contributed by atoms with E-state index in [1.807, 2.05) is 0 Å². The summed E-state index contributed by atoms with van der Waals surface area (Å²) in [6.07, 6.45) is 4.86. The number of rotatable bonds is 5. The molecule has 1 aliphatic rings. The van der Waals surface area contributed by atoms with E-state index in [0.29, 0.717) is 6.79 Å². The Labute approximate surface area is 80.0 Å². The van der Waals surface area contributed by atoms with Gasteiger partial charge in [0.2, 0.25) is 0 Å². The fourth-order valence-corrected chi connectivity index (χ4v) is 1.61. The summed E-state index contributed by atoms with van der Waals surface area (Å²) in [6.45, 7) is 3.13. The van der Waals surface area contributed by atoms with Crippen LogP contribution in [-0.4, -0.2) is 30.7 Å². The summed E-state index contributed by atoms with van der Waals surface area (Å²) >= 11 is 0. The fraction of sp³-hybridized carbons (Fsp3) is 1.00. The lowest BCUT2D eigenvalue weighted by atomic mass is 9.95. The molecule has 0 radical (unpaired) electrons. The summed E-state index contributed by atoms with van der Waals surface area (Å²) in [5.74, 6) is 0. The smallest absolute Gasteiger partial charge is 0.147 e. The SMILES string of the molecule is CCCOCOC1CCCCC1O. The lowest BCUT2D eigenvalue weighted by molar-refractivity contribution is -0.134. The highest BCUT2D eigenvalue weighted by molar-refractivity contribution is 4.74. The van der Waals surface area contributed by atoms with Gasteiger partial charge in [0.25, 0.3) is 0 Å². The molecule has 2 atom stereocenters. The third-order valence-electron chi connectivity index (χ3n) is 2.38. The number of hydrogen-bond donors (Lipinski definition) is 1. The first-order chi connectivity index (χ1) is 6.34. The first kappa shape index (κ1) is 11.0. The largest absolute Gasteiger partial charge is 0.390 e. The van der Waals surface area contributed by atoms with Crippen LogP contribution in [0.2, 0.25) is 0 Å². The van der Waals surface area contributed by atoms with Gasteiger partial charge in [0, 0.05) is 6.61 Å². The Morgan fingerprint density at radius 3 is 2.77 bits per heavy atom. The standard InChI is InChI=1S/C10H20O3/c1-2-7-12-8-13-10-6-4-3-5-9(10)11/h9-11H,2-8H2,1H3. The second-order valence-electron chi connectivity index (χ2n) is 3.58. The van der Waals surface area contributed by atoms with Crippen LogP contribution in [0, 0.1) is 0 Å². The third-order valence-corrected chi connectivity index (χ3v) is 2.38. The van der Waals surface area contributed by atoms with E-state index in [-0.39, 0.29) is 12.2 Å². The molecule has 0 aliphatic heterocycles. The summed E-state index contributed by atoms with van der Waals surface area (Å²) in [6, 6.07) is 0. The van der Waals surface area contributed by atoms with Gasteiger partial charge < -0.3 is 14.6 Å². The van der Waals surface area contributed by atoms with Gasteiger partial charge in [0.15, 0.2) is 0 Å². The monoisotopic (exact) mass is 188 g/mol. The highest BCUT2D eigenvalue weighted by Gasteiger charge is 2.23. The zero-order valence-corrected chi connectivity index (χ0v) is 8.37. The maximum atomic E-state index is 9.54. The molecule has 0 amide bonds. The molecule has 0 aromatic rings. The summed E-state index contributed by atoms with van der Waals surface area (Å²) < 4.78 is 10.6. The van der Waals surface area contributed by atoms with Crippen LogP contribution in [0.1, 0.15) is 39.0 Å². The Hall–Kier alpha value is -0.120. The van der Waals surface area contributed by atoms with E-state index in [1.165, 1.54) is 0 Å². The number of ether oxygens (including phenoxy) is 2. The molecule has 3 nitrogen and oxygen atoms in total. The van der Waals surface area contributed by atoms with Crippen LogP contribution in [0.15, 0.2) is 0 Å². The molecule has 0 saturated heterocycles. The van der Waals surface area contributed by atoms with Crippen LogP contribution in [0.25, 0.3) is 0 Å². The first-order valence-corrected chi connectivity index (χ1v) is 5.22. The van der Waals surface area contributed by atoms with Gasteiger partial charge in [-0.05, 0) is 19.3 Å². The van der Waals surface area contributed by atoms with Crippen molar-refractivity contribution >= 4 is 0 Å². The normalized spacial score (nSPS) is 29.1. The lowest BCUT2D eigenvalue weighted by Gasteiger charge is -2.27. The Bertz CT molecular complexity index is 127. The Balaban J connectivity index is 2.05. The quantitative estimate of drug-likeness (QED) is 0.527. The van der Waals surface area contributed by atoms with E-state index in [9.17, 15) is 5.11 Å². The topological polar surface area (TPSA) is 38.7 Å². The number of hydrogen-bond acceptors (Lipinski definition) is 3. The van der Waals surface area contributed by atoms with Crippen molar-refractivity contribution in [1.29, 1.82) is 0 Å². The van der Waals surface area contributed by atoms with Crippen molar-refractivity contribution in [1.82, 2.24) is 0 Å². The summed E-state index contributed by atoms with van der Waals surface area (Å²) in [5.41, 5.74) is 0. The molecule has 2 unspecified atom stereocenters. The number of aliphatic hydroxyl groups excluding tert-OH is 1. The van der Waals surface area contributed by atoms with E-state index in [0.717, 1.165) is 38.7 Å². The van der Waals surface area contributed by atoms with Gasteiger partial charge >= 0.3 is 0 Å². The molecule has 13 heavy (non-hydrogen) atoms. The maximum absolute atomic E-state index is 9.54. The Morgan fingerprint density at radius 2 is 2.08 bits per heavy atom. The van der Waals surface area contributed by atoms with Crippen molar-refractivity contribution in [3.63, 3.8) is 0 Å². The van der Waals surface area contributed by atoms with Crippen molar-refractivity contribution in [2.75, 3.05) is 13.4 Å². The van der Waals surface area contributed by atoms with Crippen molar-refractivity contribution in [3.8, 4) is 0 Å². The van der Waals surface area contributed by atoms with Crippen molar-refractivity contribution in [3.05, 3.63) is 0 Å². The lowest BCUT2D eigenvalue weighted by Crippen LogP contribution is -2.32. The van der Waals surface area contributed by atoms with Crippen molar-refractivity contribution in [2.24, 2.45) is 0 Å². The molecule has 1 saturated carbocycles. The molecule has 0 aromatic heterocycles. The maximum Gasteiger partial charge on any atom is 0.147 e. The van der Waals surface area contributed by atoms with E-state index in [1.54, 1.807) is 0 Å². The Morgan fingerprint density at radius 1 is 1.31 bits per heavy atom. The van der Waals surface area contributed by atoms with Gasteiger partial charge in [0.1, 0.15) is 6.79 Å². The highest BCUT2D eigenvalue weighted by atomic mass is 16.7. The van der Waals surface area contributed by atoms with Gasteiger partial charge in [-0.3, -0.25) is 0 Å². The van der Waals surface area contributed by atoms with Gasteiger partial charge in [-0.15, -0.1) is 0 Å². The molecule has 0 bridgehead atoms. The molecule has 0 aromatic carbocycles. The summed E-state index contributed by atoms with van der Waals surface area (Å²) in [4.78, 5) is 0. The van der Waals surface area contributed by atoms with Crippen LogP contribution in [0.3, 0.4) is 0 Å². The van der Waals surface area contributed by atoms with Gasteiger partial charge in [-0.2, -0.15) is 0 Å². The van der Waals surface area contributed by atoms with Crippen LogP contribution in [0.4, 0.5) is 0 Å². The second kappa shape index (κ2) is 6.35. The van der Waals surface area contributed by atoms with Crippen molar-refractivity contribution < 1.29 is 14.6 Å². The molecule has 1 aliphatic carbocycles. The molecule has 78 valence electrons. The van der Waals surface area contributed by atoms with Gasteiger partial charge in [-0.1, -0.05) is 19.8 Å². The second-order valence-corrected chi connectivity index (χ2v) is 3.58. The molecular weight excluding hydrogens is 168 g/mol. The zero-order valence-electron chi connectivity index (χ0n) is 8.37. The molecule has 3 heteroatoms. The molecule has 1 N–H and O–H groups in total. The van der Waals surface area contributed by atoms with Gasteiger partial charge in [0.05, 0.1) is 12.2 Å². The van der Waals surface area contributed by atoms with Crippen LogP contribution >= 0.6 is 0 Å². The fourth-order valence-electron chi connectivity index (χ4n) is 1.61. The summed E-state index contributed by atoms with van der Waals surface area (Å²) in [7, 11) is 0. The van der Waals surface area contributed by atoms with E-state index in [4.69, 9.17) is 9.47 Å². The van der Waals surface area contributed by atoms with Crippen LogP contribution < -0.4 is 0 Å². The average Bonchev–Trinajstić information content (AvgIpc) is 2.15. The minimum Gasteiger partial charge on any atom is -0.390 e. The van der Waals surface area contributed by atoms with Crippen LogP contribution in [0.5, 0.6) is 0 Å².